The quantitative estimate of drug-likeness (QED) is 0.903. The third-order valence-electron chi connectivity index (χ3n) is 3.48. The van der Waals surface area contributed by atoms with Crippen molar-refractivity contribution in [1.82, 2.24) is 4.98 Å². The van der Waals surface area contributed by atoms with Crippen molar-refractivity contribution >= 4 is 11.3 Å². The molecule has 0 saturated heterocycles. The largest absolute Gasteiger partial charge is 0.325 e. The Hall–Kier alpha value is -1.26. The third-order valence-corrected chi connectivity index (χ3v) is 4.62. The monoisotopic (exact) mass is 262 g/mol. The minimum absolute atomic E-state index is 0.148. The summed E-state index contributed by atoms with van der Waals surface area (Å²) in [6, 6.07) is 6.96. The lowest BCUT2D eigenvalue weighted by atomic mass is 9.85. The van der Waals surface area contributed by atoms with Gasteiger partial charge in [-0.15, -0.1) is 11.3 Å². The topological polar surface area (TPSA) is 38.9 Å². The molecule has 1 aliphatic carbocycles. The zero-order valence-electron chi connectivity index (χ0n) is 10.0. The maximum Gasteiger partial charge on any atom is 0.123 e. The molecule has 1 unspecified atom stereocenters. The fourth-order valence-electron chi connectivity index (χ4n) is 2.56. The van der Waals surface area contributed by atoms with Gasteiger partial charge in [-0.3, -0.25) is 0 Å². The molecule has 1 aromatic carbocycles. The number of hydrogen-bond acceptors (Lipinski definition) is 3. The Labute approximate surface area is 110 Å². The van der Waals surface area contributed by atoms with Crippen molar-refractivity contribution in [3.8, 4) is 0 Å². The summed E-state index contributed by atoms with van der Waals surface area (Å²) in [5.74, 6) is 0.268. The van der Waals surface area contributed by atoms with E-state index in [2.05, 4.69) is 4.98 Å². The highest BCUT2D eigenvalue weighted by Gasteiger charge is 2.23. The lowest BCUT2D eigenvalue weighted by Gasteiger charge is -2.21. The summed E-state index contributed by atoms with van der Waals surface area (Å²) in [5.41, 5.74) is 7.93. The van der Waals surface area contributed by atoms with E-state index in [9.17, 15) is 4.39 Å². The summed E-state index contributed by atoms with van der Waals surface area (Å²) in [6.45, 7) is 0.516. The van der Waals surface area contributed by atoms with Crippen molar-refractivity contribution in [2.75, 3.05) is 0 Å². The molecule has 0 aliphatic heterocycles. The molecule has 0 fully saturated rings. The highest BCUT2D eigenvalue weighted by Crippen LogP contribution is 2.35. The highest BCUT2D eigenvalue weighted by molar-refractivity contribution is 7.11. The van der Waals surface area contributed by atoms with E-state index < -0.39 is 0 Å². The summed E-state index contributed by atoms with van der Waals surface area (Å²) in [6.07, 6.45) is 2.99. The molecule has 4 heteroatoms. The third kappa shape index (κ3) is 2.18. The number of thiazole rings is 1. The molecule has 18 heavy (non-hydrogen) atoms. The molecule has 3 rings (SSSR count). The summed E-state index contributed by atoms with van der Waals surface area (Å²) < 4.78 is 13.3. The number of aryl methyl sites for hydroxylation is 1. The smallest absolute Gasteiger partial charge is 0.123 e. The fraction of sp³-hybridized carbons (Fsp3) is 0.357. The van der Waals surface area contributed by atoms with Gasteiger partial charge in [-0.1, -0.05) is 12.1 Å². The number of benzene rings is 1. The van der Waals surface area contributed by atoms with E-state index in [4.69, 9.17) is 5.73 Å². The minimum atomic E-state index is -0.148. The SMILES string of the molecule is NCc1nc2c(s1)CC(c1cccc(F)c1)CC2. The van der Waals surface area contributed by atoms with Crippen LogP contribution < -0.4 is 5.73 Å². The van der Waals surface area contributed by atoms with E-state index in [0.717, 1.165) is 29.8 Å². The molecule has 2 nitrogen and oxygen atoms in total. The van der Waals surface area contributed by atoms with Crippen molar-refractivity contribution in [3.05, 3.63) is 51.2 Å². The average Bonchev–Trinajstić information content (AvgIpc) is 2.80. The Morgan fingerprint density at radius 3 is 3.11 bits per heavy atom. The summed E-state index contributed by atoms with van der Waals surface area (Å²) in [4.78, 5) is 5.86. The lowest BCUT2D eigenvalue weighted by Crippen LogP contribution is -2.11. The lowest BCUT2D eigenvalue weighted by molar-refractivity contribution is 0.572. The molecular weight excluding hydrogens is 247 g/mol. The molecule has 94 valence electrons. The molecule has 0 radical (unpaired) electrons. The number of fused-ring (bicyclic) bond motifs is 1. The van der Waals surface area contributed by atoms with Crippen LogP contribution in [0.2, 0.25) is 0 Å². The Morgan fingerprint density at radius 2 is 2.33 bits per heavy atom. The van der Waals surface area contributed by atoms with E-state index in [1.54, 1.807) is 23.5 Å². The summed E-state index contributed by atoms with van der Waals surface area (Å²) in [7, 11) is 0. The van der Waals surface area contributed by atoms with Crippen LogP contribution in [0.3, 0.4) is 0 Å². The second-order valence-electron chi connectivity index (χ2n) is 4.68. The standard InChI is InChI=1S/C14H15FN2S/c15-11-3-1-2-9(6-11)10-4-5-12-13(7-10)18-14(8-16)17-12/h1-3,6,10H,4-5,7-8,16H2. The normalized spacial score (nSPS) is 18.7. The predicted octanol–water partition coefficient (Wildman–Crippen LogP) is 3.01. The molecular formula is C14H15FN2S. The average molecular weight is 262 g/mol. The van der Waals surface area contributed by atoms with Gasteiger partial charge in [0.25, 0.3) is 0 Å². The van der Waals surface area contributed by atoms with Gasteiger partial charge < -0.3 is 5.73 Å². The fourth-order valence-corrected chi connectivity index (χ4v) is 3.63. The Balaban J connectivity index is 1.86. The molecule has 0 saturated carbocycles. The minimum Gasteiger partial charge on any atom is -0.325 e. The molecule has 2 N–H and O–H groups in total. The van der Waals surface area contributed by atoms with Gasteiger partial charge in [-0.05, 0) is 42.9 Å². The molecule has 0 bridgehead atoms. The molecule has 1 heterocycles. The first-order valence-corrected chi connectivity index (χ1v) is 7.01. The van der Waals surface area contributed by atoms with Crippen LogP contribution in [0.1, 0.15) is 33.5 Å². The zero-order chi connectivity index (χ0) is 12.5. The molecule has 0 spiro atoms. The zero-order valence-corrected chi connectivity index (χ0v) is 10.8. The first kappa shape index (κ1) is 11.8. The second kappa shape index (κ2) is 4.78. The molecule has 1 aromatic heterocycles. The van der Waals surface area contributed by atoms with Crippen LogP contribution in [0.15, 0.2) is 24.3 Å². The Bertz CT molecular complexity index is 565. The maximum atomic E-state index is 13.3. The number of nitrogens with two attached hydrogens (primary N) is 1. The Kier molecular flexibility index (Phi) is 3.14. The number of rotatable bonds is 2. The van der Waals surface area contributed by atoms with Crippen molar-refractivity contribution in [3.63, 3.8) is 0 Å². The molecule has 1 atom stereocenters. The van der Waals surface area contributed by atoms with Gasteiger partial charge in [0.15, 0.2) is 0 Å². The van der Waals surface area contributed by atoms with E-state index in [-0.39, 0.29) is 5.82 Å². The van der Waals surface area contributed by atoms with Crippen LogP contribution in [0.5, 0.6) is 0 Å². The van der Waals surface area contributed by atoms with Gasteiger partial charge in [-0.2, -0.15) is 0 Å². The Morgan fingerprint density at radius 1 is 1.44 bits per heavy atom. The number of nitrogens with zero attached hydrogens (tertiary/aromatic N) is 1. The number of halogens is 1. The number of aromatic nitrogens is 1. The van der Waals surface area contributed by atoms with E-state index >= 15 is 0 Å². The van der Waals surface area contributed by atoms with Crippen LogP contribution in [-0.2, 0) is 19.4 Å². The highest BCUT2D eigenvalue weighted by atomic mass is 32.1. The van der Waals surface area contributed by atoms with Crippen LogP contribution in [0.4, 0.5) is 4.39 Å². The first-order valence-electron chi connectivity index (χ1n) is 6.19. The molecule has 0 amide bonds. The van der Waals surface area contributed by atoms with Gasteiger partial charge in [0, 0.05) is 11.4 Å². The number of hydrogen-bond donors (Lipinski definition) is 1. The van der Waals surface area contributed by atoms with Crippen LogP contribution in [-0.4, -0.2) is 4.98 Å². The molecule has 2 aromatic rings. The first-order chi connectivity index (χ1) is 8.76. The van der Waals surface area contributed by atoms with Gasteiger partial charge in [0.05, 0.1) is 5.69 Å². The van der Waals surface area contributed by atoms with Crippen LogP contribution in [0, 0.1) is 5.82 Å². The summed E-state index contributed by atoms with van der Waals surface area (Å²) >= 11 is 1.71. The van der Waals surface area contributed by atoms with E-state index in [1.807, 2.05) is 6.07 Å². The maximum absolute atomic E-state index is 13.3. The van der Waals surface area contributed by atoms with Crippen LogP contribution in [0.25, 0.3) is 0 Å². The van der Waals surface area contributed by atoms with Gasteiger partial charge in [0.1, 0.15) is 10.8 Å². The molecule has 1 aliphatic rings. The van der Waals surface area contributed by atoms with E-state index in [1.165, 1.54) is 16.6 Å². The summed E-state index contributed by atoms with van der Waals surface area (Å²) in [5, 5.41) is 1.01. The van der Waals surface area contributed by atoms with Crippen molar-refractivity contribution in [1.29, 1.82) is 0 Å². The van der Waals surface area contributed by atoms with Crippen molar-refractivity contribution in [2.24, 2.45) is 5.73 Å². The van der Waals surface area contributed by atoms with Gasteiger partial charge in [-0.25, -0.2) is 9.37 Å². The van der Waals surface area contributed by atoms with Crippen LogP contribution >= 0.6 is 11.3 Å². The van der Waals surface area contributed by atoms with Gasteiger partial charge in [0.2, 0.25) is 0 Å². The predicted molar refractivity (Wildman–Crippen MR) is 71.2 cm³/mol. The van der Waals surface area contributed by atoms with Crippen molar-refractivity contribution in [2.45, 2.75) is 31.7 Å². The second-order valence-corrected chi connectivity index (χ2v) is 5.84. The van der Waals surface area contributed by atoms with Gasteiger partial charge >= 0.3 is 0 Å². The van der Waals surface area contributed by atoms with E-state index in [0.29, 0.717) is 12.5 Å². The van der Waals surface area contributed by atoms with Crippen molar-refractivity contribution < 1.29 is 4.39 Å².